The second-order valence-corrected chi connectivity index (χ2v) is 7.59. The Morgan fingerprint density at radius 1 is 1.19 bits per heavy atom. The quantitative estimate of drug-likeness (QED) is 0.225. The van der Waals surface area contributed by atoms with Crippen LogP contribution in [0.1, 0.15) is 44.1 Å². The SMILES string of the molecule is CCCC(CCO)CN=C(NCC)NCC(O)c1cc2ccccc2s1.I. The van der Waals surface area contributed by atoms with Crippen LogP contribution in [-0.4, -0.2) is 42.4 Å². The van der Waals surface area contributed by atoms with Gasteiger partial charge >= 0.3 is 0 Å². The standard InChI is InChI=1S/C20H31N3O2S.HI/c1-3-7-15(10-11-24)13-22-20(21-4-2)23-14-17(25)19-12-16-8-5-6-9-18(16)26-19;/h5-6,8-9,12,15,17,24-25H,3-4,7,10-11,13-14H2,1-2H3,(H2,21,22,23);1H. The van der Waals surface area contributed by atoms with E-state index in [0.717, 1.165) is 30.7 Å². The fourth-order valence-electron chi connectivity index (χ4n) is 2.94. The number of nitrogens with one attached hydrogen (secondary N) is 2. The zero-order chi connectivity index (χ0) is 18.8. The van der Waals surface area contributed by atoms with Crippen LogP contribution in [0.25, 0.3) is 10.1 Å². The number of nitrogens with zero attached hydrogens (tertiary/aromatic N) is 1. The second kappa shape index (κ2) is 13.3. The number of benzene rings is 1. The van der Waals surface area contributed by atoms with E-state index in [0.29, 0.717) is 25.0 Å². The Labute approximate surface area is 183 Å². The summed E-state index contributed by atoms with van der Waals surface area (Å²) in [6.07, 6.45) is 2.37. The van der Waals surface area contributed by atoms with Gasteiger partial charge in [-0.3, -0.25) is 4.99 Å². The average Bonchev–Trinajstić information content (AvgIpc) is 3.08. The summed E-state index contributed by atoms with van der Waals surface area (Å²) < 4.78 is 1.19. The number of halogens is 1. The van der Waals surface area contributed by atoms with E-state index in [2.05, 4.69) is 40.7 Å². The van der Waals surface area contributed by atoms with Crippen LogP contribution in [0.2, 0.25) is 0 Å². The minimum absolute atomic E-state index is 0. The molecule has 0 amide bonds. The minimum atomic E-state index is -0.569. The number of hydrogen-bond acceptors (Lipinski definition) is 4. The third-order valence-electron chi connectivity index (χ3n) is 4.32. The maximum absolute atomic E-state index is 10.5. The van der Waals surface area contributed by atoms with Crippen LogP contribution in [0, 0.1) is 5.92 Å². The van der Waals surface area contributed by atoms with Crippen molar-refractivity contribution in [3.8, 4) is 0 Å². The molecule has 1 aromatic carbocycles. The van der Waals surface area contributed by atoms with Gasteiger partial charge in [-0.15, -0.1) is 35.3 Å². The van der Waals surface area contributed by atoms with Gasteiger partial charge < -0.3 is 20.8 Å². The zero-order valence-electron chi connectivity index (χ0n) is 16.1. The lowest BCUT2D eigenvalue weighted by Crippen LogP contribution is -2.39. The molecule has 2 atom stereocenters. The van der Waals surface area contributed by atoms with E-state index in [1.165, 1.54) is 10.1 Å². The van der Waals surface area contributed by atoms with Gasteiger partial charge in [-0.2, -0.15) is 0 Å². The van der Waals surface area contributed by atoms with Gasteiger partial charge in [-0.05, 0) is 43.2 Å². The third-order valence-corrected chi connectivity index (χ3v) is 5.54. The Kier molecular flexibility index (Phi) is 11.9. The van der Waals surface area contributed by atoms with Gasteiger partial charge in [0.2, 0.25) is 0 Å². The van der Waals surface area contributed by atoms with E-state index in [1.807, 2.05) is 19.1 Å². The van der Waals surface area contributed by atoms with Crippen molar-refractivity contribution in [2.75, 3.05) is 26.2 Å². The van der Waals surface area contributed by atoms with Crippen LogP contribution < -0.4 is 10.6 Å². The van der Waals surface area contributed by atoms with Gasteiger partial charge in [-0.25, -0.2) is 0 Å². The highest BCUT2D eigenvalue weighted by molar-refractivity contribution is 14.0. The third kappa shape index (κ3) is 7.93. The molecule has 0 bridgehead atoms. The molecule has 1 aromatic heterocycles. The number of aliphatic hydroxyl groups excluding tert-OH is 2. The lowest BCUT2D eigenvalue weighted by atomic mass is 10.0. The zero-order valence-corrected chi connectivity index (χ0v) is 19.3. The van der Waals surface area contributed by atoms with E-state index in [9.17, 15) is 10.2 Å². The lowest BCUT2D eigenvalue weighted by molar-refractivity contribution is 0.184. The molecule has 0 aliphatic carbocycles. The molecule has 0 radical (unpaired) electrons. The van der Waals surface area contributed by atoms with Crippen molar-refractivity contribution >= 4 is 51.4 Å². The highest BCUT2D eigenvalue weighted by atomic mass is 127. The molecule has 27 heavy (non-hydrogen) atoms. The molecule has 152 valence electrons. The van der Waals surface area contributed by atoms with Gasteiger partial charge in [-0.1, -0.05) is 31.5 Å². The molecule has 5 nitrogen and oxygen atoms in total. The van der Waals surface area contributed by atoms with E-state index >= 15 is 0 Å². The molecule has 0 aliphatic rings. The molecular weight excluding hydrogens is 473 g/mol. The van der Waals surface area contributed by atoms with Crippen molar-refractivity contribution in [2.24, 2.45) is 10.9 Å². The molecule has 4 N–H and O–H groups in total. The summed E-state index contributed by atoms with van der Waals surface area (Å²) in [4.78, 5) is 5.59. The summed E-state index contributed by atoms with van der Waals surface area (Å²) in [5.74, 6) is 1.11. The highest BCUT2D eigenvalue weighted by Crippen LogP contribution is 2.29. The molecule has 2 aromatic rings. The van der Waals surface area contributed by atoms with Crippen LogP contribution >= 0.6 is 35.3 Å². The molecule has 2 rings (SSSR count). The summed E-state index contributed by atoms with van der Waals surface area (Å²) in [6.45, 7) is 6.24. The summed E-state index contributed by atoms with van der Waals surface area (Å²) in [5, 5.41) is 27.3. The summed E-state index contributed by atoms with van der Waals surface area (Å²) in [5.41, 5.74) is 0. The Bertz CT molecular complexity index is 654. The van der Waals surface area contributed by atoms with Gasteiger partial charge in [0, 0.05) is 35.8 Å². The molecule has 0 spiro atoms. The van der Waals surface area contributed by atoms with Crippen LogP contribution in [0.3, 0.4) is 0 Å². The predicted molar refractivity (Wildman–Crippen MR) is 126 cm³/mol. The van der Waals surface area contributed by atoms with Crippen molar-refractivity contribution in [3.05, 3.63) is 35.2 Å². The Morgan fingerprint density at radius 2 is 1.96 bits per heavy atom. The van der Waals surface area contributed by atoms with Gasteiger partial charge in [0.25, 0.3) is 0 Å². The first-order chi connectivity index (χ1) is 12.7. The van der Waals surface area contributed by atoms with Crippen LogP contribution in [-0.2, 0) is 0 Å². The Balaban J connectivity index is 0.00000364. The van der Waals surface area contributed by atoms with Gasteiger partial charge in [0.15, 0.2) is 5.96 Å². The van der Waals surface area contributed by atoms with Gasteiger partial charge in [0.1, 0.15) is 6.10 Å². The number of aliphatic imine (C=N–C) groups is 1. The number of guanidine groups is 1. The number of thiophene rings is 1. The van der Waals surface area contributed by atoms with Crippen molar-refractivity contribution < 1.29 is 10.2 Å². The lowest BCUT2D eigenvalue weighted by Gasteiger charge is -2.16. The summed E-state index contributed by atoms with van der Waals surface area (Å²) in [7, 11) is 0. The molecule has 0 saturated heterocycles. The fraction of sp³-hybridized carbons (Fsp3) is 0.550. The largest absolute Gasteiger partial charge is 0.396 e. The number of aliphatic hydroxyl groups is 2. The van der Waals surface area contributed by atoms with Crippen LogP contribution in [0.5, 0.6) is 0 Å². The molecule has 2 unspecified atom stereocenters. The molecule has 0 saturated carbocycles. The Hall–Kier alpha value is -0.900. The monoisotopic (exact) mass is 505 g/mol. The van der Waals surface area contributed by atoms with Crippen molar-refractivity contribution in [1.29, 1.82) is 0 Å². The van der Waals surface area contributed by atoms with E-state index < -0.39 is 6.10 Å². The second-order valence-electron chi connectivity index (χ2n) is 6.47. The first kappa shape index (κ1) is 24.1. The number of fused-ring (bicyclic) bond motifs is 1. The predicted octanol–water partition coefficient (Wildman–Crippen LogP) is 3.91. The van der Waals surface area contributed by atoms with Crippen molar-refractivity contribution in [3.63, 3.8) is 0 Å². The maximum Gasteiger partial charge on any atom is 0.191 e. The number of rotatable bonds is 10. The molecular formula is C20H32IN3O2S. The summed E-state index contributed by atoms with van der Waals surface area (Å²) in [6, 6.07) is 10.2. The molecule has 0 fully saturated rings. The van der Waals surface area contributed by atoms with E-state index in [-0.39, 0.29) is 30.6 Å². The average molecular weight is 505 g/mol. The molecule has 7 heteroatoms. The number of hydrogen-bond donors (Lipinski definition) is 4. The van der Waals surface area contributed by atoms with E-state index in [1.54, 1.807) is 11.3 Å². The summed E-state index contributed by atoms with van der Waals surface area (Å²) >= 11 is 1.62. The minimum Gasteiger partial charge on any atom is -0.396 e. The first-order valence-corrected chi connectivity index (χ1v) is 10.3. The maximum atomic E-state index is 10.5. The van der Waals surface area contributed by atoms with Crippen molar-refractivity contribution in [2.45, 2.75) is 39.2 Å². The van der Waals surface area contributed by atoms with Crippen molar-refractivity contribution in [1.82, 2.24) is 10.6 Å². The van der Waals surface area contributed by atoms with Crippen LogP contribution in [0.15, 0.2) is 35.3 Å². The fourth-order valence-corrected chi connectivity index (χ4v) is 3.99. The topological polar surface area (TPSA) is 76.9 Å². The van der Waals surface area contributed by atoms with Gasteiger partial charge in [0.05, 0.1) is 0 Å². The van der Waals surface area contributed by atoms with E-state index in [4.69, 9.17) is 0 Å². The smallest absolute Gasteiger partial charge is 0.191 e. The van der Waals surface area contributed by atoms with Crippen LogP contribution in [0.4, 0.5) is 0 Å². The molecule has 0 aliphatic heterocycles. The Morgan fingerprint density at radius 3 is 2.63 bits per heavy atom. The normalized spacial score (nSPS) is 13.9. The molecule has 1 heterocycles. The highest BCUT2D eigenvalue weighted by Gasteiger charge is 2.13. The first-order valence-electron chi connectivity index (χ1n) is 9.47.